The predicted molar refractivity (Wildman–Crippen MR) is 75.2 cm³/mol. The molecule has 0 aliphatic carbocycles. The summed E-state index contributed by atoms with van der Waals surface area (Å²) in [5.74, 6) is -2.81. The smallest absolute Gasteiger partial charge is 0.288 e. The van der Waals surface area contributed by atoms with E-state index in [9.17, 15) is 13.6 Å². The molecule has 0 radical (unpaired) electrons. The zero-order chi connectivity index (χ0) is 14.5. The van der Waals surface area contributed by atoms with Gasteiger partial charge >= 0.3 is 0 Å². The highest BCUT2D eigenvalue weighted by Gasteiger charge is 2.09. The number of hydrogen-bond donors (Lipinski definition) is 1. The number of hydrogen-bond acceptors (Lipinski definition) is 3. The maximum atomic E-state index is 12.3. The van der Waals surface area contributed by atoms with E-state index in [1.165, 1.54) is 12.3 Å². The maximum absolute atomic E-state index is 12.3. The molecule has 104 valence electrons. The monoisotopic (exact) mass is 294 g/mol. The summed E-state index contributed by atoms with van der Waals surface area (Å²) in [4.78, 5) is 16.4. The molecule has 0 spiro atoms. The second kappa shape index (κ2) is 6.47. The number of rotatable bonds is 4. The largest absolute Gasteiger partial charge is 0.322 e. The van der Waals surface area contributed by atoms with Crippen molar-refractivity contribution in [3.8, 4) is 0 Å². The van der Waals surface area contributed by atoms with E-state index in [1.54, 1.807) is 30.3 Å². The van der Waals surface area contributed by atoms with Crippen LogP contribution in [-0.4, -0.2) is 16.6 Å². The minimum atomic E-state index is -2.48. The molecule has 0 unspecified atom stereocenters. The minimum Gasteiger partial charge on any atom is -0.322 e. The van der Waals surface area contributed by atoms with Gasteiger partial charge in [0.2, 0.25) is 0 Å². The summed E-state index contributed by atoms with van der Waals surface area (Å²) in [5, 5.41) is 2.65. The fourth-order valence-electron chi connectivity index (χ4n) is 1.56. The Morgan fingerprint density at radius 3 is 2.75 bits per heavy atom. The predicted octanol–water partition coefficient (Wildman–Crippen LogP) is 3.96. The zero-order valence-corrected chi connectivity index (χ0v) is 11.5. The molecule has 0 saturated heterocycles. The molecular formula is C14H12F2N2OS. The molecular weight excluding hydrogens is 282 g/mol. The highest BCUT2D eigenvalue weighted by molar-refractivity contribution is 7.99. The van der Waals surface area contributed by atoms with Crippen molar-refractivity contribution in [1.82, 2.24) is 4.98 Å². The number of halogens is 2. The number of amides is 1. The maximum Gasteiger partial charge on any atom is 0.288 e. The van der Waals surface area contributed by atoms with Gasteiger partial charge in [-0.05, 0) is 37.3 Å². The number of nitrogens with zero attached hydrogens (tertiary/aromatic N) is 1. The molecule has 0 atom stereocenters. The fraction of sp³-hybridized carbons (Fsp3) is 0.143. The molecule has 1 aromatic heterocycles. The summed E-state index contributed by atoms with van der Waals surface area (Å²) in [5.41, 5.74) is 1.71. The van der Waals surface area contributed by atoms with Crippen LogP contribution in [-0.2, 0) is 0 Å². The molecule has 2 aromatic rings. The van der Waals surface area contributed by atoms with Crippen LogP contribution in [0.2, 0.25) is 0 Å². The van der Waals surface area contributed by atoms with Crippen molar-refractivity contribution in [3.05, 3.63) is 53.9 Å². The van der Waals surface area contributed by atoms with Crippen molar-refractivity contribution < 1.29 is 13.6 Å². The van der Waals surface area contributed by atoms with E-state index in [1.807, 2.05) is 6.92 Å². The number of nitrogens with one attached hydrogen (secondary N) is 1. The van der Waals surface area contributed by atoms with Gasteiger partial charge in [-0.3, -0.25) is 9.78 Å². The third kappa shape index (κ3) is 4.03. The highest BCUT2D eigenvalue weighted by Crippen LogP contribution is 2.27. The van der Waals surface area contributed by atoms with Crippen LogP contribution in [0.5, 0.6) is 0 Å². The Hall–Kier alpha value is -1.95. The van der Waals surface area contributed by atoms with Crippen molar-refractivity contribution in [1.29, 1.82) is 0 Å². The van der Waals surface area contributed by atoms with Gasteiger partial charge < -0.3 is 5.32 Å². The van der Waals surface area contributed by atoms with Gasteiger partial charge in [-0.15, -0.1) is 0 Å². The van der Waals surface area contributed by atoms with Crippen LogP contribution in [0.15, 0.2) is 47.5 Å². The van der Waals surface area contributed by atoms with Crippen LogP contribution in [0.4, 0.5) is 14.5 Å². The van der Waals surface area contributed by atoms with Crippen molar-refractivity contribution >= 4 is 23.4 Å². The first-order valence-electron chi connectivity index (χ1n) is 5.83. The van der Waals surface area contributed by atoms with E-state index in [2.05, 4.69) is 10.3 Å². The summed E-state index contributed by atoms with van der Waals surface area (Å²) >= 11 is 0.440. The molecule has 0 bridgehead atoms. The lowest BCUT2D eigenvalue weighted by atomic mass is 10.2. The lowest BCUT2D eigenvalue weighted by Crippen LogP contribution is -2.12. The van der Waals surface area contributed by atoms with Crippen LogP contribution >= 0.6 is 11.8 Å². The van der Waals surface area contributed by atoms with Crippen LogP contribution in [0.25, 0.3) is 0 Å². The number of anilines is 1. The summed E-state index contributed by atoms with van der Waals surface area (Å²) in [6.45, 7) is 1.83. The van der Waals surface area contributed by atoms with Crippen LogP contribution < -0.4 is 5.32 Å². The number of aryl methyl sites for hydroxylation is 1. The van der Waals surface area contributed by atoms with E-state index in [0.29, 0.717) is 27.9 Å². The van der Waals surface area contributed by atoms with Gasteiger partial charge in [0.05, 0.1) is 5.56 Å². The molecule has 1 amide bonds. The first kappa shape index (κ1) is 14.5. The van der Waals surface area contributed by atoms with E-state index in [0.717, 1.165) is 5.69 Å². The second-order valence-corrected chi connectivity index (χ2v) is 5.11. The number of alkyl halides is 2. The Labute approximate surface area is 119 Å². The number of aromatic nitrogens is 1. The Morgan fingerprint density at radius 1 is 1.30 bits per heavy atom. The van der Waals surface area contributed by atoms with Gasteiger partial charge in [0.25, 0.3) is 11.7 Å². The molecule has 0 aliphatic heterocycles. The quantitative estimate of drug-likeness (QED) is 0.868. The summed E-state index contributed by atoms with van der Waals surface area (Å²) < 4.78 is 24.6. The van der Waals surface area contributed by atoms with Gasteiger partial charge in [0.1, 0.15) is 0 Å². The molecule has 2 rings (SSSR count). The van der Waals surface area contributed by atoms with Crippen molar-refractivity contribution in [3.63, 3.8) is 0 Å². The van der Waals surface area contributed by atoms with Gasteiger partial charge in [-0.1, -0.05) is 17.8 Å². The Bertz CT molecular complexity index is 602. The van der Waals surface area contributed by atoms with E-state index in [-0.39, 0.29) is 5.91 Å². The number of carbonyl (C=O) groups is 1. The van der Waals surface area contributed by atoms with E-state index < -0.39 is 5.76 Å². The second-order valence-electron chi connectivity index (χ2n) is 4.05. The Kier molecular flexibility index (Phi) is 4.68. The highest BCUT2D eigenvalue weighted by atomic mass is 32.2. The number of pyridine rings is 1. The van der Waals surface area contributed by atoms with Gasteiger partial charge in [-0.2, -0.15) is 8.78 Å². The summed E-state index contributed by atoms with van der Waals surface area (Å²) in [6, 6.07) is 9.74. The Morgan fingerprint density at radius 2 is 2.10 bits per heavy atom. The first-order valence-corrected chi connectivity index (χ1v) is 6.71. The average Bonchev–Trinajstić information content (AvgIpc) is 2.39. The Balaban J connectivity index is 2.09. The molecule has 6 heteroatoms. The van der Waals surface area contributed by atoms with Gasteiger partial charge in [-0.25, -0.2) is 0 Å². The lowest BCUT2D eigenvalue weighted by Gasteiger charge is -2.07. The average molecular weight is 294 g/mol. The topological polar surface area (TPSA) is 42.0 Å². The zero-order valence-electron chi connectivity index (χ0n) is 10.6. The van der Waals surface area contributed by atoms with Crippen LogP contribution in [0, 0.1) is 6.92 Å². The minimum absolute atomic E-state index is 0.323. The third-order valence-corrected chi connectivity index (χ3v) is 3.19. The molecule has 0 aliphatic rings. The molecule has 3 nitrogen and oxygen atoms in total. The lowest BCUT2D eigenvalue weighted by molar-refractivity contribution is 0.102. The molecule has 20 heavy (non-hydrogen) atoms. The molecule has 1 aromatic carbocycles. The normalized spacial score (nSPS) is 10.6. The van der Waals surface area contributed by atoms with Crippen LogP contribution in [0.1, 0.15) is 16.1 Å². The molecule has 0 fully saturated rings. The van der Waals surface area contributed by atoms with Crippen molar-refractivity contribution in [2.75, 3.05) is 5.32 Å². The van der Waals surface area contributed by atoms with Crippen molar-refractivity contribution in [2.24, 2.45) is 0 Å². The summed E-state index contributed by atoms with van der Waals surface area (Å²) in [7, 11) is 0. The summed E-state index contributed by atoms with van der Waals surface area (Å²) in [6.07, 6.45) is 1.47. The van der Waals surface area contributed by atoms with Crippen LogP contribution in [0.3, 0.4) is 0 Å². The SMILES string of the molecule is Cc1ccc(C(=O)Nc2cccc(SC(F)F)c2)cn1. The molecule has 1 heterocycles. The number of benzene rings is 1. The third-order valence-electron chi connectivity index (χ3n) is 2.49. The van der Waals surface area contributed by atoms with E-state index in [4.69, 9.17) is 0 Å². The first-order chi connectivity index (χ1) is 9.54. The van der Waals surface area contributed by atoms with Crippen molar-refractivity contribution in [2.45, 2.75) is 17.6 Å². The van der Waals surface area contributed by atoms with E-state index >= 15 is 0 Å². The molecule has 1 N–H and O–H groups in total. The van der Waals surface area contributed by atoms with Gasteiger partial charge in [0, 0.05) is 22.5 Å². The fourth-order valence-corrected chi connectivity index (χ4v) is 2.11. The number of thioether (sulfide) groups is 1. The van der Waals surface area contributed by atoms with Gasteiger partial charge in [0.15, 0.2) is 0 Å². The molecule has 0 saturated carbocycles. The standard InChI is InChI=1S/C14H12F2N2OS/c1-9-5-6-10(8-17-9)13(19)18-11-3-2-4-12(7-11)20-14(15)16/h2-8,14H,1H3,(H,18,19). The number of carbonyl (C=O) groups excluding carboxylic acids is 1.